The van der Waals surface area contributed by atoms with E-state index in [1.807, 2.05) is 92.4 Å². The minimum atomic E-state index is -1.28. The van der Waals surface area contributed by atoms with Crippen LogP contribution in [0.5, 0.6) is 40.5 Å². The lowest BCUT2D eigenvalue weighted by Crippen LogP contribution is -2.36. The third-order valence-electron chi connectivity index (χ3n) is 11.1. The number of carbonyl (C=O) groups is 1. The summed E-state index contributed by atoms with van der Waals surface area (Å²) in [4.78, 5) is 26.0. The summed E-state index contributed by atoms with van der Waals surface area (Å²) < 4.78 is 54.5. The minimum absolute atomic E-state index is 0.0749. The number of methoxy groups -OCH3 is 5. The Morgan fingerprint density at radius 1 is 0.768 bits per heavy atom. The van der Waals surface area contributed by atoms with Gasteiger partial charge in [0.2, 0.25) is 0 Å². The van der Waals surface area contributed by atoms with Crippen molar-refractivity contribution in [2.75, 3.05) is 67.3 Å². The Bertz CT molecular complexity index is 2530. The van der Waals surface area contributed by atoms with E-state index in [0.29, 0.717) is 83.3 Å². The summed E-state index contributed by atoms with van der Waals surface area (Å²) in [5.41, 5.74) is 3.24. The number of benzene rings is 4. The number of aliphatic hydroxyl groups is 1. The van der Waals surface area contributed by atoms with Crippen molar-refractivity contribution < 1.29 is 52.5 Å². The Morgan fingerprint density at radius 3 is 1.99 bits per heavy atom. The van der Waals surface area contributed by atoms with Crippen molar-refractivity contribution in [1.29, 1.82) is 0 Å². The molecule has 0 saturated carbocycles. The molecule has 6 rings (SSSR count). The summed E-state index contributed by atoms with van der Waals surface area (Å²) in [5, 5.41) is 17.2. The summed E-state index contributed by atoms with van der Waals surface area (Å²) in [7, 11) is 9.60. The number of nitrogens with zero attached hydrogens (tertiary/aromatic N) is 6. The van der Waals surface area contributed by atoms with Crippen molar-refractivity contribution in [3.63, 3.8) is 0 Å². The number of carbonyl (C=O) groups excluding carboxylic acids is 1. The average Bonchev–Trinajstić information content (AvgIpc) is 3.78. The summed E-state index contributed by atoms with van der Waals surface area (Å²) in [6.45, 7) is 9.51. The minimum Gasteiger partial charge on any atom is -0.497 e. The van der Waals surface area contributed by atoms with Gasteiger partial charge in [-0.25, -0.2) is 14.3 Å². The van der Waals surface area contributed by atoms with Gasteiger partial charge in [-0.1, -0.05) is 43.7 Å². The molecule has 0 aliphatic carbocycles. The standard InChI is InChI=1S/C52H66N6O11/c1-11-15-38(24-26-66-34-35-16-13-12-14-17-35)68-50-54-49(57(32-36-18-20-39(61-6)28-44(36)63-8)33-37-19-21-40(62-7)29-45(37)64-9)48-53-31-43(58(48)55-50)47(59)42-23-22-41(30-46(42)65-10)67-27-25-56(5)51(60)69-52(2,3)4/h12-14,16-23,28-31,38,47,59H,11,15,24-27,32-34H2,1-10H3/t38-,47?/m1/s1. The normalized spacial score (nSPS) is 12.2. The largest absolute Gasteiger partial charge is 0.497 e. The van der Waals surface area contributed by atoms with Crippen LogP contribution in [0.2, 0.25) is 0 Å². The number of imidazole rings is 1. The predicted molar refractivity (Wildman–Crippen MR) is 261 cm³/mol. The lowest BCUT2D eigenvalue weighted by molar-refractivity contribution is 0.0278. The molecule has 2 aromatic heterocycles. The number of hydrogen-bond acceptors (Lipinski definition) is 15. The molecule has 6 aromatic rings. The molecule has 17 heteroatoms. The smallest absolute Gasteiger partial charge is 0.410 e. The maximum absolute atomic E-state index is 12.5. The molecule has 0 fully saturated rings. The monoisotopic (exact) mass is 950 g/mol. The second kappa shape index (κ2) is 24.3. The van der Waals surface area contributed by atoms with Crippen LogP contribution in [0.25, 0.3) is 5.65 Å². The second-order valence-corrected chi connectivity index (χ2v) is 17.3. The van der Waals surface area contributed by atoms with E-state index in [-0.39, 0.29) is 38.4 Å². The summed E-state index contributed by atoms with van der Waals surface area (Å²) >= 11 is 0. The lowest BCUT2D eigenvalue weighted by Gasteiger charge is -2.27. The molecule has 1 N–H and O–H groups in total. The number of fused-ring (bicyclic) bond motifs is 1. The molecule has 1 amide bonds. The van der Waals surface area contributed by atoms with Crippen LogP contribution in [0, 0.1) is 0 Å². The van der Waals surface area contributed by atoms with Crippen molar-refractivity contribution in [2.45, 2.75) is 84.5 Å². The molecular weight excluding hydrogens is 885 g/mol. The van der Waals surface area contributed by atoms with E-state index in [2.05, 4.69) is 6.92 Å². The SMILES string of the molecule is CCC[C@H](CCOCc1ccccc1)Oc1nc(N(Cc2ccc(OC)cc2OC)Cc2ccc(OC)cc2OC)c2ncc(C(O)c3ccc(OCCN(C)C(=O)OC(C)(C)C)cc3OC)n2n1. The molecule has 17 nitrogen and oxygen atoms in total. The van der Waals surface area contributed by atoms with Gasteiger partial charge in [0, 0.05) is 61.4 Å². The molecule has 0 bridgehead atoms. The van der Waals surface area contributed by atoms with Crippen LogP contribution in [0.15, 0.2) is 91.1 Å². The number of likely N-dealkylation sites (N-methyl/N-ethyl adjacent to an activating group) is 1. The third kappa shape index (κ3) is 13.8. The van der Waals surface area contributed by atoms with Gasteiger partial charge in [-0.15, -0.1) is 5.10 Å². The number of aromatic nitrogens is 4. The number of amides is 1. The zero-order valence-corrected chi connectivity index (χ0v) is 41.4. The van der Waals surface area contributed by atoms with Crippen LogP contribution < -0.4 is 38.1 Å². The Labute approximate surface area is 404 Å². The van der Waals surface area contributed by atoms with Crippen LogP contribution >= 0.6 is 0 Å². The second-order valence-electron chi connectivity index (χ2n) is 17.3. The molecule has 0 saturated heterocycles. The first-order valence-corrected chi connectivity index (χ1v) is 22.9. The number of ether oxygens (including phenoxy) is 9. The van der Waals surface area contributed by atoms with Crippen molar-refractivity contribution in [2.24, 2.45) is 0 Å². The van der Waals surface area contributed by atoms with Gasteiger partial charge in [0.1, 0.15) is 58.9 Å². The molecule has 2 heterocycles. The van der Waals surface area contributed by atoms with Crippen LogP contribution in [-0.2, 0) is 29.2 Å². The van der Waals surface area contributed by atoms with E-state index in [1.165, 1.54) is 12.0 Å². The molecule has 4 aromatic carbocycles. The van der Waals surface area contributed by atoms with Gasteiger partial charge >= 0.3 is 12.1 Å². The van der Waals surface area contributed by atoms with Crippen molar-refractivity contribution in [3.05, 3.63) is 119 Å². The molecule has 0 aliphatic rings. The maximum Gasteiger partial charge on any atom is 0.410 e. The van der Waals surface area contributed by atoms with Crippen LogP contribution in [0.1, 0.15) is 81.0 Å². The summed E-state index contributed by atoms with van der Waals surface area (Å²) in [5.74, 6) is 3.75. The highest BCUT2D eigenvalue weighted by molar-refractivity contribution is 5.68. The topological polar surface area (TPSA) is 170 Å². The van der Waals surface area contributed by atoms with Crippen molar-refractivity contribution in [1.82, 2.24) is 24.5 Å². The zero-order chi connectivity index (χ0) is 49.5. The average molecular weight is 951 g/mol. The molecule has 0 spiro atoms. The molecule has 1 unspecified atom stereocenters. The van der Waals surface area contributed by atoms with E-state index in [1.54, 1.807) is 64.4 Å². The van der Waals surface area contributed by atoms with E-state index >= 15 is 0 Å². The Morgan fingerprint density at radius 2 is 1.39 bits per heavy atom. The van der Waals surface area contributed by atoms with Gasteiger partial charge in [-0.05, 0) is 69.2 Å². The van der Waals surface area contributed by atoms with E-state index in [9.17, 15) is 9.90 Å². The van der Waals surface area contributed by atoms with Crippen LogP contribution in [0.4, 0.5) is 10.6 Å². The third-order valence-corrected chi connectivity index (χ3v) is 11.1. The summed E-state index contributed by atoms with van der Waals surface area (Å²) in [6.07, 6.45) is 1.66. The Kier molecular flexibility index (Phi) is 18.1. The molecule has 0 radical (unpaired) electrons. The van der Waals surface area contributed by atoms with Gasteiger partial charge < -0.3 is 57.5 Å². The first-order valence-electron chi connectivity index (χ1n) is 22.9. The highest BCUT2D eigenvalue weighted by Crippen LogP contribution is 2.37. The van der Waals surface area contributed by atoms with Crippen molar-refractivity contribution in [3.8, 4) is 40.5 Å². The van der Waals surface area contributed by atoms with Gasteiger partial charge in [0.15, 0.2) is 11.5 Å². The van der Waals surface area contributed by atoms with Gasteiger partial charge in [-0.3, -0.25) is 0 Å². The summed E-state index contributed by atoms with van der Waals surface area (Å²) in [6, 6.07) is 26.5. The van der Waals surface area contributed by atoms with Crippen molar-refractivity contribution >= 4 is 17.6 Å². The Hall–Kier alpha value is -6.98. The molecular formula is C52H66N6O11. The van der Waals surface area contributed by atoms with E-state index < -0.39 is 17.8 Å². The van der Waals surface area contributed by atoms with Gasteiger partial charge in [0.05, 0.1) is 67.2 Å². The maximum atomic E-state index is 12.5. The number of rotatable bonds is 25. The fourth-order valence-corrected chi connectivity index (χ4v) is 7.51. The first kappa shape index (κ1) is 51.4. The highest BCUT2D eigenvalue weighted by atomic mass is 16.6. The molecule has 370 valence electrons. The quantitative estimate of drug-likeness (QED) is 0.0540. The lowest BCUT2D eigenvalue weighted by atomic mass is 10.1. The van der Waals surface area contributed by atoms with Crippen LogP contribution in [0.3, 0.4) is 0 Å². The highest BCUT2D eigenvalue weighted by Gasteiger charge is 2.28. The fraction of sp³-hybridized carbons (Fsp3) is 0.423. The van der Waals surface area contributed by atoms with Crippen LogP contribution in [-0.4, -0.2) is 110 Å². The fourth-order valence-electron chi connectivity index (χ4n) is 7.51. The Balaban J connectivity index is 1.40. The predicted octanol–water partition coefficient (Wildman–Crippen LogP) is 8.86. The van der Waals surface area contributed by atoms with Gasteiger partial charge in [0.25, 0.3) is 0 Å². The van der Waals surface area contributed by atoms with E-state index in [4.69, 9.17) is 57.7 Å². The number of anilines is 1. The van der Waals surface area contributed by atoms with Gasteiger partial charge in [-0.2, -0.15) is 4.98 Å². The first-order chi connectivity index (χ1) is 33.3. The van der Waals surface area contributed by atoms with E-state index in [0.717, 1.165) is 23.1 Å². The number of hydrogen-bond donors (Lipinski definition) is 1. The molecule has 0 aliphatic heterocycles. The molecule has 2 atom stereocenters. The zero-order valence-electron chi connectivity index (χ0n) is 41.4. The number of aliphatic hydroxyl groups excluding tert-OH is 1. The molecule has 69 heavy (non-hydrogen) atoms.